The SMILES string of the molecule is CS(=O)(=O)N(CC(=O)NCCc1cnc[nH]1)c1cccc(F)c1. The van der Waals surface area contributed by atoms with Gasteiger partial charge in [0.2, 0.25) is 15.9 Å². The smallest absolute Gasteiger partial charge is 0.240 e. The molecule has 0 fully saturated rings. The van der Waals surface area contributed by atoms with Crippen molar-refractivity contribution >= 4 is 21.6 Å². The lowest BCUT2D eigenvalue weighted by Gasteiger charge is -2.21. The van der Waals surface area contributed by atoms with Gasteiger partial charge in [0.15, 0.2) is 0 Å². The monoisotopic (exact) mass is 340 g/mol. The van der Waals surface area contributed by atoms with E-state index in [9.17, 15) is 17.6 Å². The fraction of sp³-hybridized carbons (Fsp3) is 0.286. The molecular formula is C14H17FN4O3S. The highest BCUT2D eigenvalue weighted by Gasteiger charge is 2.21. The van der Waals surface area contributed by atoms with E-state index in [1.54, 1.807) is 6.20 Å². The lowest BCUT2D eigenvalue weighted by atomic mass is 10.3. The van der Waals surface area contributed by atoms with Gasteiger partial charge in [-0.25, -0.2) is 17.8 Å². The molecule has 0 unspecified atom stereocenters. The molecule has 124 valence electrons. The summed E-state index contributed by atoms with van der Waals surface area (Å²) >= 11 is 0. The topological polar surface area (TPSA) is 95.2 Å². The van der Waals surface area contributed by atoms with Gasteiger partial charge in [0.25, 0.3) is 0 Å². The predicted molar refractivity (Wildman–Crippen MR) is 83.9 cm³/mol. The Kier molecular flexibility index (Phi) is 5.32. The number of nitrogens with zero attached hydrogens (tertiary/aromatic N) is 2. The van der Waals surface area contributed by atoms with Crippen molar-refractivity contribution in [3.8, 4) is 0 Å². The molecule has 2 N–H and O–H groups in total. The first kappa shape index (κ1) is 16.9. The molecule has 1 aromatic carbocycles. The van der Waals surface area contributed by atoms with Gasteiger partial charge in [-0.05, 0) is 18.2 Å². The van der Waals surface area contributed by atoms with Crippen LogP contribution >= 0.6 is 0 Å². The van der Waals surface area contributed by atoms with Crippen LogP contribution in [0.1, 0.15) is 5.69 Å². The number of nitrogens with one attached hydrogen (secondary N) is 2. The Hall–Kier alpha value is -2.42. The van der Waals surface area contributed by atoms with E-state index in [0.29, 0.717) is 13.0 Å². The molecule has 1 heterocycles. The summed E-state index contributed by atoms with van der Waals surface area (Å²) in [4.78, 5) is 18.7. The molecule has 0 saturated heterocycles. The second-order valence-corrected chi connectivity index (χ2v) is 6.83. The van der Waals surface area contributed by atoms with Crippen LogP contribution in [0.25, 0.3) is 0 Å². The number of rotatable bonds is 7. The number of aromatic amines is 1. The van der Waals surface area contributed by atoms with Crippen molar-refractivity contribution in [3.05, 3.63) is 48.3 Å². The summed E-state index contributed by atoms with van der Waals surface area (Å²) in [6.45, 7) is -0.0763. The second kappa shape index (κ2) is 7.23. The summed E-state index contributed by atoms with van der Waals surface area (Å²) in [5.41, 5.74) is 0.964. The van der Waals surface area contributed by atoms with E-state index in [0.717, 1.165) is 22.3 Å². The van der Waals surface area contributed by atoms with Gasteiger partial charge >= 0.3 is 0 Å². The Balaban J connectivity index is 1.99. The average Bonchev–Trinajstić information content (AvgIpc) is 2.97. The van der Waals surface area contributed by atoms with E-state index in [1.807, 2.05) is 0 Å². The summed E-state index contributed by atoms with van der Waals surface area (Å²) in [5.74, 6) is -1.05. The summed E-state index contributed by atoms with van der Waals surface area (Å²) < 4.78 is 37.8. The van der Waals surface area contributed by atoms with Crippen molar-refractivity contribution in [2.24, 2.45) is 0 Å². The van der Waals surface area contributed by atoms with Gasteiger partial charge in [-0.1, -0.05) is 6.07 Å². The number of H-pyrrole nitrogens is 1. The normalized spacial score (nSPS) is 11.2. The van der Waals surface area contributed by atoms with Crippen LogP contribution in [0.4, 0.5) is 10.1 Å². The van der Waals surface area contributed by atoms with Crippen molar-refractivity contribution in [2.45, 2.75) is 6.42 Å². The van der Waals surface area contributed by atoms with Crippen LogP contribution in [-0.2, 0) is 21.2 Å². The summed E-state index contributed by atoms with van der Waals surface area (Å²) in [6, 6.07) is 5.09. The molecule has 0 aliphatic heterocycles. The van der Waals surface area contributed by atoms with Gasteiger partial charge in [-0.15, -0.1) is 0 Å². The number of carbonyl (C=O) groups is 1. The van der Waals surface area contributed by atoms with Gasteiger partial charge in [0.05, 0.1) is 18.3 Å². The van der Waals surface area contributed by atoms with E-state index in [4.69, 9.17) is 0 Å². The lowest BCUT2D eigenvalue weighted by molar-refractivity contribution is -0.119. The predicted octanol–water partition coefficient (Wildman–Crippen LogP) is 0.674. The number of carbonyl (C=O) groups excluding carboxylic acids is 1. The minimum atomic E-state index is -3.71. The summed E-state index contributed by atoms with van der Waals surface area (Å²) in [6.07, 6.45) is 4.69. The minimum absolute atomic E-state index is 0.108. The Morgan fingerprint density at radius 1 is 1.43 bits per heavy atom. The van der Waals surface area contributed by atoms with Crippen molar-refractivity contribution in [3.63, 3.8) is 0 Å². The standard InChI is InChI=1S/C14H17FN4O3S/c1-23(21,22)19(13-4-2-3-11(15)7-13)9-14(20)17-6-5-12-8-16-10-18-12/h2-4,7-8,10H,5-6,9H2,1H3,(H,16,18)(H,17,20). The summed E-state index contributed by atoms with van der Waals surface area (Å²) in [5, 5.41) is 2.62. The Labute approximate surface area is 133 Å². The first-order valence-electron chi connectivity index (χ1n) is 6.83. The van der Waals surface area contributed by atoms with Crippen molar-refractivity contribution in [1.82, 2.24) is 15.3 Å². The fourth-order valence-corrected chi connectivity index (χ4v) is 2.82. The third-order valence-electron chi connectivity index (χ3n) is 3.06. The van der Waals surface area contributed by atoms with Crippen LogP contribution in [0.2, 0.25) is 0 Å². The van der Waals surface area contributed by atoms with Crippen LogP contribution in [0.15, 0.2) is 36.8 Å². The maximum Gasteiger partial charge on any atom is 0.240 e. The molecule has 0 saturated carbocycles. The molecule has 0 atom stereocenters. The number of imidazole rings is 1. The highest BCUT2D eigenvalue weighted by Crippen LogP contribution is 2.18. The second-order valence-electron chi connectivity index (χ2n) is 4.93. The maximum absolute atomic E-state index is 13.3. The number of anilines is 1. The van der Waals surface area contributed by atoms with Crippen LogP contribution in [0.5, 0.6) is 0 Å². The van der Waals surface area contributed by atoms with Gasteiger partial charge in [-0.3, -0.25) is 9.10 Å². The zero-order valence-corrected chi connectivity index (χ0v) is 13.3. The molecule has 23 heavy (non-hydrogen) atoms. The van der Waals surface area contributed by atoms with Gasteiger partial charge in [0, 0.05) is 24.9 Å². The molecule has 7 nitrogen and oxygen atoms in total. The van der Waals surface area contributed by atoms with Gasteiger partial charge in [0.1, 0.15) is 12.4 Å². The number of hydrogen-bond acceptors (Lipinski definition) is 4. The molecule has 1 amide bonds. The average molecular weight is 340 g/mol. The Bertz CT molecular complexity index is 762. The van der Waals surface area contributed by atoms with E-state index in [2.05, 4.69) is 15.3 Å². The lowest BCUT2D eigenvalue weighted by Crippen LogP contribution is -2.41. The maximum atomic E-state index is 13.3. The third-order valence-corrected chi connectivity index (χ3v) is 4.20. The molecule has 0 radical (unpaired) electrons. The van der Waals surface area contributed by atoms with Crippen LogP contribution in [0.3, 0.4) is 0 Å². The number of sulfonamides is 1. The van der Waals surface area contributed by atoms with Crippen molar-refractivity contribution in [1.29, 1.82) is 0 Å². The fourth-order valence-electron chi connectivity index (χ4n) is 1.98. The zero-order valence-electron chi connectivity index (χ0n) is 12.5. The molecule has 1 aromatic heterocycles. The number of amides is 1. The largest absolute Gasteiger partial charge is 0.354 e. The third kappa shape index (κ3) is 5.06. The number of hydrogen-bond donors (Lipinski definition) is 2. The van der Waals surface area contributed by atoms with Gasteiger partial charge < -0.3 is 10.3 Å². The zero-order chi connectivity index (χ0) is 16.9. The summed E-state index contributed by atoms with van der Waals surface area (Å²) in [7, 11) is -3.71. The Morgan fingerprint density at radius 3 is 2.83 bits per heavy atom. The Morgan fingerprint density at radius 2 is 2.22 bits per heavy atom. The molecular weight excluding hydrogens is 323 g/mol. The van der Waals surface area contributed by atoms with E-state index in [-0.39, 0.29) is 5.69 Å². The highest BCUT2D eigenvalue weighted by molar-refractivity contribution is 7.92. The molecule has 0 aliphatic carbocycles. The molecule has 0 aliphatic rings. The van der Waals surface area contributed by atoms with E-state index in [1.165, 1.54) is 24.5 Å². The van der Waals surface area contributed by atoms with E-state index >= 15 is 0 Å². The van der Waals surface area contributed by atoms with Gasteiger partial charge in [-0.2, -0.15) is 0 Å². The number of halogens is 1. The van der Waals surface area contributed by atoms with Crippen LogP contribution < -0.4 is 9.62 Å². The molecule has 2 aromatic rings. The number of benzene rings is 1. The molecule has 0 spiro atoms. The van der Waals surface area contributed by atoms with E-state index < -0.39 is 28.3 Å². The minimum Gasteiger partial charge on any atom is -0.354 e. The quantitative estimate of drug-likeness (QED) is 0.774. The molecule has 0 bridgehead atoms. The van der Waals surface area contributed by atoms with Crippen LogP contribution in [-0.4, -0.2) is 43.6 Å². The first-order valence-corrected chi connectivity index (χ1v) is 8.68. The van der Waals surface area contributed by atoms with Crippen molar-refractivity contribution < 1.29 is 17.6 Å². The number of aromatic nitrogens is 2. The van der Waals surface area contributed by atoms with Crippen LogP contribution in [0, 0.1) is 5.82 Å². The first-order chi connectivity index (χ1) is 10.9. The highest BCUT2D eigenvalue weighted by atomic mass is 32.2. The molecule has 2 rings (SSSR count). The van der Waals surface area contributed by atoms with Crippen molar-refractivity contribution in [2.75, 3.05) is 23.7 Å². The molecule has 9 heteroatoms.